The lowest BCUT2D eigenvalue weighted by Crippen LogP contribution is -2.31. The van der Waals surface area contributed by atoms with Crippen molar-refractivity contribution in [3.8, 4) is 11.3 Å². The van der Waals surface area contributed by atoms with Crippen molar-refractivity contribution < 1.29 is 14.5 Å². The van der Waals surface area contributed by atoms with E-state index in [2.05, 4.69) is 10.3 Å². The van der Waals surface area contributed by atoms with Gasteiger partial charge >= 0.3 is 0 Å². The zero-order valence-electron chi connectivity index (χ0n) is 15.1. The summed E-state index contributed by atoms with van der Waals surface area (Å²) in [7, 11) is 0. The molecule has 7 heteroatoms. The van der Waals surface area contributed by atoms with Crippen molar-refractivity contribution in [1.82, 2.24) is 10.3 Å². The number of para-hydroxylation sites is 1. The molecule has 1 saturated heterocycles. The summed E-state index contributed by atoms with van der Waals surface area (Å²) in [4.78, 5) is 27.9. The van der Waals surface area contributed by atoms with Crippen LogP contribution in [-0.2, 0) is 4.74 Å². The monoisotopic (exact) mass is 377 g/mol. The number of pyridine rings is 1. The van der Waals surface area contributed by atoms with Crippen molar-refractivity contribution >= 4 is 22.5 Å². The molecule has 0 unspecified atom stereocenters. The lowest BCUT2D eigenvalue weighted by Gasteiger charge is -2.13. The molecular weight excluding hydrogens is 358 g/mol. The molecule has 0 saturated carbocycles. The highest BCUT2D eigenvalue weighted by atomic mass is 16.6. The smallest absolute Gasteiger partial charge is 0.269 e. The highest BCUT2D eigenvalue weighted by Gasteiger charge is 2.19. The van der Waals surface area contributed by atoms with Gasteiger partial charge < -0.3 is 10.1 Å². The number of nitro groups is 1. The molecule has 0 spiro atoms. The predicted octanol–water partition coefficient (Wildman–Crippen LogP) is 3.72. The van der Waals surface area contributed by atoms with E-state index in [-0.39, 0.29) is 17.7 Å². The van der Waals surface area contributed by atoms with E-state index in [0.717, 1.165) is 24.8 Å². The standard InChI is InChI=1S/C21H19N3O4/c25-21(22-13-16-4-3-11-28-16)18-12-20(23-19-6-2-1-5-17(18)19)14-7-9-15(10-8-14)24(26)27/h1-2,5-10,12,16H,3-4,11,13H2,(H,22,25)/t16-/m0/s1. The Morgan fingerprint density at radius 2 is 2.00 bits per heavy atom. The third-order valence-electron chi connectivity index (χ3n) is 4.85. The molecule has 2 aromatic carbocycles. The molecule has 3 aromatic rings. The number of nitro benzene ring substituents is 1. The van der Waals surface area contributed by atoms with Gasteiger partial charge in [-0.15, -0.1) is 0 Å². The second-order valence-electron chi connectivity index (χ2n) is 6.72. The molecule has 1 fully saturated rings. The van der Waals surface area contributed by atoms with Crippen LogP contribution in [0.25, 0.3) is 22.2 Å². The van der Waals surface area contributed by atoms with Crippen LogP contribution >= 0.6 is 0 Å². The number of nitrogens with zero attached hydrogens (tertiary/aromatic N) is 2. The molecule has 0 radical (unpaired) electrons. The van der Waals surface area contributed by atoms with E-state index in [9.17, 15) is 14.9 Å². The summed E-state index contributed by atoms with van der Waals surface area (Å²) >= 11 is 0. The zero-order valence-corrected chi connectivity index (χ0v) is 15.1. The normalized spacial score (nSPS) is 16.2. The van der Waals surface area contributed by atoms with Crippen LogP contribution in [0.2, 0.25) is 0 Å². The van der Waals surface area contributed by atoms with Crippen LogP contribution in [0.4, 0.5) is 5.69 Å². The molecular formula is C21H19N3O4. The van der Waals surface area contributed by atoms with E-state index in [1.54, 1.807) is 18.2 Å². The molecule has 1 aliphatic heterocycles. The number of carbonyl (C=O) groups is 1. The van der Waals surface area contributed by atoms with E-state index in [1.165, 1.54) is 12.1 Å². The van der Waals surface area contributed by atoms with Crippen molar-refractivity contribution in [2.45, 2.75) is 18.9 Å². The Hall–Kier alpha value is -3.32. The molecule has 2 heterocycles. The summed E-state index contributed by atoms with van der Waals surface area (Å²) in [5, 5.41) is 14.6. The van der Waals surface area contributed by atoms with Crippen molar-refractivity contribution in [2.75, 3.05) is 13.2 Å². The summed E-state index contributed by atoms with van der Waals surface area (Å²) in [6.45, 7) is 1.21. The number of hydrogen-bond donors (Lipinski definition) is 1. The van der Waals surface area contributed by atoms with Crippen LogP contribution < -0.4 is 5.32 Å². The lowest BCUT2D eigenvalue weighted by molar-refractivity contribution is -0.384. The number of ether oxygens (including phenoxy) is 1. The van der Waals surface area contributed by atoms with Gasteiger partial charge in [-0.05, 0) is 37.1 Å². The molecule has 1 aliphatic rings. The second-order valence-corrected chi connectivity index (χ2v) is 6.72. The Kier molecular flexibility index (Phi) is 4.99. The van der Waals surface area contributed by atoms with Crippen molar-refractivity contribution in [3.05, 3.63) is 70.3 Å². The molecule has 1 amide bonds. The molecule has 1 aromatic heterocycles. The first-order valence-electron chi connectivity index (χ1n) is 9.16. The van der Waals surface area contributed by atoms with Gasteiger partial charge in [0.15, 0.2) is 0 Å². The van der Waals surface area contributed by atoms with Crippen LogP contribution in [0.3, 0.4) is 0 Å². The summed E-state index contributed by atoms with van der Waals surface area (Å²) in [6.07, 6.45) is 2.03. The third-order valence-corrected chi connectivity index (χ3v) is 4.85. The first-order chi connectivity index (χ1) is 13.6. The topological polar surface area (TPSA) is 94.4 Å². The third kappa shape index (κ3) is 3.70. The molecule has 4 rings (SSSR count). The zero-order chi connectivity index (χ0) is 19.5. The van der Waals surface area contributed by atoms with Gasteiger partial charge in [-0.25, -0.2) is 4.98 Å². The molecule has 1 atom stereocenters. The maximum Gasteiger partial charge on any atom is 0.269 e. The first-order valence-corrected chi connectivity index (χ1v) is 9.16. The summed E-state index contributed by atoms with van der Waals surface area (Å²) in [6, 6.07) is 15.3. The van der Waals surface area contributed by atoms with E-state index in [0.29, 0.717) is 28.9 Å². The van der Waals surface area contributed by atoms with Gasteiger partial charge in [-0.2, -0.15) is 0 Å². The molecule has 142 valence electrons. The Morgan fingerprint density at radius 3 is 2.71 bits per heavy atom. The van der Waals surface area contributed by atoms with Gasteiger partial charge in [-0.3, -0.25) is 14.9 Å². The molecule has 0 bridgehead atoms. The SMILES string of the molecule is O=C(NC[C@@H]1CCCO1)c1cc(-c2ccc([N+](=O)[O-])cc2)nc2ccccc12. The number of nitrogens with one attached hydrogen (secondary N) is 1. The number of fused-ring (bicyclic) bond motifs is 1. The predicted molar refractivity (Wildman–Crippen MR) is 105 cm³/mol. The summed E-state index contributed by atoms with van der Waals surface area (Å²) in [5.74, 6) is -0.183. The fraction of sp³-hybridized carbons (Fsp3) is 0.238. The highest BCUT2D eigenvalue weighted by molar-refractivity contribution is 6.07. The number of hydrogen-bond acceptors (Lipinski definition) is 5. The summed E-state index contributed by atoms with van der Waals surface area (Å²) < 4.78 is 5.57. The minimum absolute atomic E-state index is 0.0130. The maximum absolute atomic E-state index is 12.9. The molecule has 0 aliphatic carbocycles. The van der Waals surface area contributed by atoms with E-state index in [1.807, 2.05) is 24.3 Å². The molecule has 7 nitrogen and oxygen atoms in total. The van der Waals surface area contributed by atoms with Crippen LogP contribution in [0.1, 0.15) is 23.2 Å². The van der Waals surface area contributed by atoms with Crippen molar-refractivity contribution in [2.24, 2.45) is 0 Å². The average Bonchev–Trinajstić information content (AvgIpc) is 3.25. The average molecular weight is 377 g/mol. The number of benzene rings is 2. The minimum atomic E-state index is -0.443. The fourth-order valence-electron chi connectivity index (χ4n) is 3.37. The lowest BCUT2D eigenvalue weighted by atomic mass is 10.0. The van der Waals surface area contributed by atoms with Crippen LogP contribution in [0.15, 0.2) is 54.6 Å². The van der Waals surface area contributed by atoms with E-state index >= 15 is 0 Å². The Balaban J connectivity index is 1.68. The van der Waals surface area contributed by atoms with Crippen LogP contribution in [-0.4, -0.2) is 35.1 Å². The number of non-ortho nitro benzene ring substituents is 1. The van der Waals surface area contributed by atoms with Crippen molar-refractivity contribution in [1.29, 1.82) is 0 Å². The molecule has 1 N–H and O–H groups in total. The van der Waals surface area contributed by atoms with Gasteiger partial charge in [0.2, 0.25) is 0 Å². The number of carbonyl (C=O) groups excluding carboxylic acids is 1. The summed E-state index contributed by atoms with van der Waals surface area (Å²) in [5.41, 5.74) is 2.54. The van der Waals surface area contributed by atoms with E-state index in [4.69, 9.17) is 4.74 Å². The minimum Gasteiger partial charge on any atom is -0.376 e. The Morgan fingerprint density at radius 1 is 1.21 bits per heavy atom. The van der Waals surface area contributed by atoms with Crippen molar-refractivity contribution in [3.63, 3.8) is 0 Å². The highest BCUT2D eigenvalue weighted by Crippen LogP contribution is 2.26. The maximum atomic E-state index is 12.9. The number of amides is 1. The first kappa shape index (κ1) is 18.1. The number of rotatable bonds is 5. The Labute approximate surface area is 161 Å². The van der Waals surface area contributed by atoms with Gasteiger partial charge in [0.25, 0.3) is 11.6 Å². The van der Waals surface area contributed by atoms with Gasteiger partial charge in [0.05, 0.1) is 27.8 Å². The van der Waals surface area contributed by atoms with Gasteiger partial charge in [-0.1, -0.05) is 18.2 Å². The van der Waals surface area contributed by atoms with Gasteiger partial charge in [0.1, 0.15) is 0 Å². The van der Waals surface area contributed by atoms with Gasteiger partial charge in [0, 0.05) is 36.2 Å². The fourth-order valence-corrected chi connectivity index (χ4v) is 3.37. The largest absolute Gasteiger partial charge is 0.376 e. The van der Waals surface area contributed by atoms with E-state index < -0.39 is 4.92 Å². The number of aromatic nitrogens is 1. The quantitative estimate of drug-likeness (QED) is 0.540. The molecule has 28 heavy (non-hydrogen) atoms. The van der Waals surface area contributed by atoms with Crippen LogP contribution in [0.5, 0.6) is 0 Å². The Bertz CT molecular complexity index is 1030. The second kappa shape index (κ2) is 7.74. The van der Waals surface area contributed by atoms with Crippen LogP contribution in [0, 0.1) is 10.1 Å².